The van der Waals surface area contributed by atoms with Gasteiger partial charge in [0.2, 0.25) is 34.8 Å². The normalized spacial score (nSPS) is 10.9. The third-order valence-corrected chi connectivity index (χ3v) is 4.04. The average molecular weight is 447 g/mol. The summed E-state index contributed by atoms with van der Waals surface area (Å²) in [6.07, 6.45) is 0. The quantitative estimate of drug-likeness (QED) is 0.174. The van der Waals surface area contributed by atoms with E-state index in [-0.39, 0.29) is 11.8 Å². The monoisotopic (exact) mass is 447 g/mol. The van der Waals surface area contributed by atoms with Gasteiger partial charge in [-0.3, -0.25) is 0 Å². The standard InChI is InChI=1S/C20H9F8NO2/c1-7-2-3-12(11(23)4-7)29-13-6-10(22)9(21)5-8(13)20(30)31-19-17(27)15(25)14(24)16(26)18(19)28/h2-6,29H,1H3. The van der Waals surface area contributed by atoms with Crippen molar-refractivity contribution in [3.8, 4) is 5.75 Å². The van der Waals surface area contributed by atoms with Crippen LogP contribution >= 0.6 is 0 Å². The Morgan fingerprint density at radius 2 is 1.26 bits per heavy atom. The molecule has 0 aliphatic heterocycles. The molecule has 11 heteroatoms. The number of nitrogens with one attached hydrogen (secondary N) is 1. The summed E-state index contributed by atoms with van der Waals surface area (Å²) in [4.78, 5) is 12.3. The van der Waals surface area contributed by atoms with Gasteiger partial charge in [-0.1, -0.05) is 6.07 Å². The van der Waals surface area contributed by atoms with Crippen molar-refractivity contribution in [2.75, 3.05) is 5.32 Å². The van der Waals surface area contributed by atoms with E-state index in [1.54, 1.807) is 6.92 Å². The summed E-state index contributed by atoms with van der Waals surface area (Å²) in [5, 5.41) is 2.29. The highest BCUT2D eigenvalue weighted by atomic mass is 19.2. The number of hydrogen-bond donors (Lipinski definition) is 1. The van der Waals surface area contributed by atoms with Crippen molar-refractivity contribution in [3.05, 3.63) is 88.0 Å². The van der Waals surface area contributed by atoms with Crippen molar-refractivity contribution in [2.24, 2.45) is 0 Å². The Bertz CT molecular complexity index is 1180. The second kappa shape index (κ2) is 8.25. The molecule has 0 unspecified atom stereocenters. The predicted octanol–water partition coefficient (Wildman–Crippen LogP) is 6.07. The van der Waals surface area contributed by atoms with Gasteiger partial charge in [0.05, 0.1) is 16.9 Å². The lowest BCUT2D eigenvalue weighted by Crippen LogP contribution is -2.16. The second-order valence-corrected chi connectivity index (χ2v) is 6.21. The number of ether oxygens (including phenoxy) is 1. The van der Waals surface area contributed by atoms with Crippen LogP contribution in [-0.2, 0) is 0 Å². The van der Waals surface area contributed by atoms with Crippen molar-refractivity contribution in [2.45, 2.75) is 6.92 Å². The summed E-state index contributed by atoms with van der Waals surface area (Å²) < 4.78 is 113. The van der Waals surface area contributed by atoms with E-state index in [2.05, 4.69) is 10.1 Å². The van der Waals surface area contributed by atoms with Gasteiger partial charge in [-0.2, -0.15) is 8.78 Å². The van der Waals surface area contributed by atoms with Crippen LogP contribution in [0.2, 0.25) is 0 Å². The molecule has 0 heterocycles. The van der Waals surface area contributed by atoms with E-state index in [0.717, 1.165) is 6.07 Å². The molecule has 0 spiro atoms. The van der Waals surface area contributed by atoms with Crippen LogP contribution in [0, 0.1) is 53.5 Å². The van der Waals surface area contributed by atoms with E-state index in [9.17, 15) is 39.9 Å². The molecule has 3 nitrogen and oxygen atoms in total. The first-order valence-corrected chi connectivity index (χ1v) is 8.27. The van der Waals surface area contributed by atoms with Gasteiger partial charge in [0.15, 0.2) is 11.6 Å². The fraction of sp³-hybridized carbons (Fsp3) is 0.0500. The van der Waals surface area contributed by atoms with Gasteiger partial charge in [-0.05, 0) is 30.7 Å². The molecule has 0 bridgehead atoms. The lowest BCUT2D eigenvalue weighted by molar-refractivity contribution is 0.0716. The van der Waals surface area contributed by atoms with Crippen LogP contribution < -0.4 is 10.1 Å². The summed E-state index contributed by atoms with van der Waals surface area (Å²) in [5.74, 6) is -19.8. The Morgan fingerprint density at radius 1 is 0.710 bits per heavy atom. The van der Waals surface area contributed by atoms with Crippen molar-refractivity contribution in [1.82, 2.24) is 0 Å². The molecule has 0 aromatic heterocycles. The van der Waals surface area contributed by atoms with Crippen LogP contribution in [0.1, 0.15) is 15.9 Å². The Balaban J connectivity index is 2.05. The van der Waals surface area contributed by atoms with Crippen LogP contribution in [0.15, 0.2) is 30.3 Å². The predicted molar refractivity (Wildman–Crippen MR) is 92.0 cm³/mol. The summed E-state index contributed by atoms with van der Waals surface area (Å²) in [6.45, 7) is 1.57. The third kappa shape index (κ3) is 4.16. The number of carbonyl (C=O) groups is 1. The highest BCUT2D eigenvalue weighted by Crippen LogP contribution is 2.32. The van der Waals surface area contributed by atoms with Gasteiger partial charge >= 0.3 is 5.97 Å². The number of halogens is 8. The fourth-order valence-corrected chi connectivity index (χ4v) is 2.51. The van der Waals surface area contributed by atoms with Crippen LogP contribution in [0.5, 0.6) is 5.75 Å². The van der Waals surface area contributed by atoms with E-state index in [4.69, 9.17) is 0 Å². The highest BCUT2D eigenvalue weighted by Gasteiger charge is 2.30. The molecule has 0 radical (unpaired) electrons. The fourth-order valence-electron chi connectivity index (χ4n) is 2.51. The van der Waals surface area contributed by atoms with Crippen LogP contribution in [0.4, 0.5) is 46.5 Å². The van der Waals surface area contributed by atoms with Gasteiger partial charge in [-0.25, -0.2) is 31.1 Å². The minimum absolute atomic E-state index is 0.248. The van der Waals surface area contributed by atoms with Gasteiger partial charge in [0.1, 0.15) is 5.82 Å². The minimum atomic E-state index is -2.49. The molecule has 0 saturated carbocycles. The number of aryl methyl sites for hydroxylation is 1. The molecule has 0 atom stereocenters. The molecular weight excluding hydrogens is 438 g/mol. The van der Waals surface area contributed by atoms with E-state index in [0.29, 0.717) is 11.6 Å². The summed E-state index contributed by atoms with van der Waals surface area (Å²) >= 11 is 0. The first-order valence-electron chi connectivity index (χ1n) is 8.27. The number of carbonyl (C=O) groups excluding carboxylic acids is 1. The molecule has 0 fully saturated rings. The first kappa shape index (κ1) is 22.1. The van der Waals surface area contributed by atoms with E-state index in [1.807, 2.05) is 0 Å². The molecule has 3 rings (SSSR count). The maximum Gasteiger partial charge on any atom is 0.345 e. The second-order valence-electron chi connectivity index (χ2n) is 6.21. The summed E-state index contributed by atoms with van der Waals surface area (Å²) in [7, 11) is 0. The van der Waals surface area contributed by atoms with Gasteiger partial charge in [0, 0.05) is 6.07 Å². The van der Waals surface area contributed by atoms with Gasteiger partial charge in [0.25, 0.3) is 0 Å². The van der Waals surface area contributed by atoms with Crippen molar-refractivity contribution in [1.29, 1.82) is 0 Å². The van der Waals surface area contributed by atoms with E-state index in [1.165, 1.54) is 12.1 Å². The Labute approximate surface area is 168 Å². The molecule has 162 valence electrons. The maximum absolute atomic E-state index is 14.1. The zero-order valence-electron chi connectivity index (χ0n) is 15.2. The van der Waals surface area contributed by atoms with E-state index < -0.39 is 69.5 Å². The molecular formula is C20H9F8NO2. The molecule has 0 amide bonds. The largest absolute Gasteiger partial charge is 0.416 e. The molecule has 31 heavy (non-hydrogen) atoms. The van der Waals surface area contributed by atoms with Gasteiger partial charge in [-0.15, -0.1) is 0 Å². The molecule has 0 aliphatic carbocycles. The Morgan fingerprint density at radius 3 is 1.84 bits per heavy atom. The van der Waals surface area contributed by atoms with Crippen molar-refractivity contribution < 1.29 is 44.7 Å². The topological polar surface area (TPSA) is 38.3 Å². The molecule has 0 aliphatic rings. The smallest absolute Gasteiger partial charge is 0.345 e. The Kier molecular flexibility index (Phi) is 5.87. The molecule has 3 aromatic carbocycles. The zero-order chi connectivity index (χ0) is 23.0. The zero-order valence-corrected chi connectivity index (χ0v) is 15.2. The molecule has 1 N–H and O–H groups in total. The molecule has 3 aromatic rings. The van der Waals surface area contributed by atoms with Crippen LogP contribution in [0.3, 0.4) is 0 Å². The van der Waals surface area contributed by atoms with E-state index >= 15 is 0 Å². The number of benzene rings is 3. The first-order chi connectivity index (χ1) is 14.5. The third-order valence-electron chi connectivity index (χ3n) is 4.04. The van der Waals surface area contributed by atoms with Gasteiger partial charge < -0.3 is 10.1 Å². The van der Waals surface area contributed by atoms with Crippen LogP contribution in [-0.4, -0.2) is 5.97 Å². The summed E-state index contributed by atoms with van der Waals surface area (Å²) in [5.41, 5.74) is -1.29. The number of anilines is 2. The lowest BCUT2D eigenvalue weighted by Gasteiger charge is -2.14. The number of hydrogen-bond acceptors (Lipinski definition) is 3. The van der Waals surface area contributed by atoms with Crippen molar-refractivity contribution >= 4 is 17.3 Å². The Hall–Kier alpha value is -3.63. The number of rotatable bonds is 4. The minimum Gasteiger partial charge on any atom is -0.416 e. The maximum atomic E-state index is 14.1. The highest BCUT2D eigenvalue weighted by molar-refractivity contribution is 5.98. The average Bonchev–Trinajstić information content (AvgIpc) is 2.72. The van der Waals surface area contributed by atoms with Crippen LogP contribution in [0.25, 0.3) is 0 Å². The molecule has 0 saturated heterocycles. The number of esters is 1. The summed E-state index contributed by atoms with van der Waals surface area (Å²) in [6, 6.07) is 4.39. The SMILES string of the molecule is Cc1ccc(Nc2cc(F)c(F)cc2C(=O)Oc2c(F)c(F)c(F)c(F)c2F)c(F)c1. The van der Waals surface area contributed by atoms with Crippen molar-refractivity contribution in [3.63, 3.8) is 0 Å². The lowest BCUT2D eigenvalue weighted by atomic mass is 10.1.